The van der Waals surface area contributed by atoms with Crippen LogP contribution in [0.1, 0.15) is 49.3 Å². The molecule has 0 aromatic carbocycles. The third kappa shape index (κ3) is 3.32. The molecule has 0 atom stereocenters. The molecule has 0 amide bonds. The number of anilines is 1. The summed E-state index contributed by atoms with van der Waals surface area (Å²) in [5, 5.41) is 3.33. The molecule has 0 radical (unpaired) electrons. The lowest BCUT2D eigenvalue weighted by molar-refractivity contribution is 0.757. The summed E-state index contributed by atoms with van der Waals surface area (Å²) >= 11 is 0. The van der Waals surface area contributed by atoms with E-state index < -0.39 is 0 Å². The van der Waals surface area contributed by atoms with Crippen molar-refractivity contribution in [2.24, 2.45) is 0 Å². The molecule has 0 bridgehead atoms. The third-order valence-corrected chi connectivity index (χ3v) is 3.25. The molecule has 4 heteroatoms. The van der Waals surface area contributed by atoms with Crippen LogP contribution in [0, 0.1) is 6.92 Å². The maximum absolute atomic E-state index is 4.74. The maximum atomic E-state index is 4.74. The van der Waals surface area contributed by atoms with E-state index in [0.29, 0.717) is 5.92 Å². The second-order valence-corrected chi connectivity index (χ2v) is 5.22. The first-order chi connectivity index (χ1) is 9.61. The minimum atomic E-state index is 0.323. The first-order valence-electron chi connectivity index (χ1n) is 7.12. The number of rotatable bonds is 5. The molecule has 0 aliphatic heterocycles. The van der Waals surface area contributed by atoms with Crippen molar-refractivity contribution in [3.63, 3.8) is 0 Å². The van der Waals surface area contributed by atoms with Gasteiger partial charge in [-0.25, -0.2) is 9.97 Å². The van der Waals surface area contributed by atoms with Crippen molar-refractivity contribution in [1.29, 1.82) is 0 Å². The highest BCUT2D eigenvalue weighted by molar-refractivity contribution is 5.47. The topological polar surface area (TPSA) is 50.7 Å². The molecule has 0 aliphatic carbocycles. The van der Waals surface area contributed by atoms with Crippen molar-refractivity contribution in [1.82, 2.24) is 15.0 Å². The molecule has 1 N–H and O–H groups in total. The summed E-state index contributed by atoms with van der Waals surface area (Å²) in [5.41, 5.74) is 3.44. The molecule has 2 rings (SSSR count). The van der Waals surface area contributed by atoms with E-state index in [1.165, 1.54) is 5.56 Å². The largest absolute Gasteiger partial charge is 0.370 e. The van der Waals surface area contributed by atoms with Crippen LogP contribution in [0.3, 0.4) is 0 Å². The van der Waals surface area contributed by atoms with Crippen molar-refractivity contribution < 1.29 is 0 Å². The van der Waals surface area contributed by atoms with E-state index in [1.807, 2.05) is 24.5 Å². The highest BCUT2D eigenvalue weighted by atomic mass is 15.0. The molecule has 0 unspecified atom stereocenters. The predicted molar refractivity (Wildman–Crippen MR) is 82.1 cm³/mol. The molecule has 0 fully saturated rings. The number of aromatic nitrogens is 3. The zero-order valence-corrected chi connectivity index (χ0v) is 12.6. The van der Waals surface area contributed by atoms with E-state index in [2.05, 4.69) is 43.0 Å². The minimum absolute atomic E-state index is 0.323. The Morgan fingerprint density at radius 2 is 1.85 bits per heavy atom. The van der Waals surface area contributed by atoms with Gasteiger partial charge >= 0.3 is 0 Å². The highest BCUT2D eigenvalue weighted by Gasteiger charge is 2.13. The Balaban J connectivity index is 2.40. The van der Waals surface area contributed by atoms with Crippen molar-refractivity contribution >= 4 is 5.82 Å². The molecule has 2 aromatic rings. The second-order valence-electron chi connectivity index (χ2n) is 5.22. The smallest absolute Gasteiger partial charge is 0.133 e. The molecule has 20 heavy (non-hydrogen) atoms. The zero-order chi connectivity index (χ0) is 14.5. The summed E-state index contributed by atoms with van der Waals surface area (Å²) in [6, 6.07) is 4.06. The minimum Gasteiger partial charge on any atom is -0.370 e. The van der Waals surface area contributed by atoms with Crippen LogP contribution in [0.5, 0.6) is 0 Å². The van der Waals surface area contributed by atoms with Crippen LogP contribution in [-0.4, -0.2) is 21.5 Å². The second kappa shape index (κ2) is 6.46. The van der Waals surface area contributed by atoms with Crippen molar-refractivity contribution in [2.45, 2.75) is 40.0 Å². The summed E-state index contributed by atoms with van der Waals surface area (Å²) in [5.74, 6) is 2.18. The molecule has 106 valence electrons. The lowest BCUT2D eigenvalue weighted by Crippen LogP contribution is -2.11. The number of pyridine rings is 1. The Hall–Kier alpha value is -1.97. The van der Waals surface area contributed by atoms with Crippen LogP contribution >= 0.6 is 0 Å². The van der Waals surface area contributed by atoms with Crippen molar-refractivity contribution in [2.75, 3.05) is 11.9 Å². The Morgan fingerprint density at radius 3 is 2.45 bits per heavy atom. The van der Waals surface area contributed by atoms with Crippen molar-refractivity contribution in [3.05, 3.63) is 47.2 Å². The van der Waals surface area contributed by atoms with Gasteiger partial charge in [-0.3, -0.25) is 4.98 Å². The molecule has 4 nitrogen and oxygen atoms in total. The van der Waals surface area contributed by atoms with Gasteiger partial charge in [0.15, 0.2) is 0 Å². The maximum Gasteiger partial charge on any atom is 0.133 e. The van der Waals surface area contributed by atoms with Crippen LogP contribution in [-0.2, 0) is 6.42 Å². The van der Waals surface area contributed by atoms with E-state index in [1.54, 1.807) is 0 Å². The normalized spacial score (nSPS) is 10.8. The molecule has 0 aliphatic rings. The van der Waals surface area contributed by atoms with Gasteiger partial charge in [-0.1, -0.05) is 13.8 Å². The Morgan fingerprint density at radius 1 is 1.15 bits per heavy atom. The quantitative estimate of drug-likeness (QED) is 0.905. The fourth-order valence-electron chi connectivity index (χ4n) is 2.05. The Labute approximate surface area is 120 Å². The number of hydrogen-bond donors (Lipinski definition) is 1. The van der Waals surface area contributed by atoms with E-state index >= 15 is 0 Å². The number of nitrogens with zero attached hydrogens (tertiary/aromatic N) is 3. The van der Waals surface area contributed by atoms with Crippen LogP contribution < -0.4 is 5.32 Å². The van der Waals surface area contributed by atoms with E-state index in [4.69, 9.17) is 4.98 Å². The molecular weight excluding hydrogens is 248 g/mol. The van der Waals surface area contributed by atoms with Gasteiger partial charge in [-0.15, -0.1) is 0 Å². The monoisotopic (exact) mass is 270 g/mol. The average Bonchev–Trinajstić information content (AvgIpc) is 2.44. The summed E-state index contributed by atoms with van der Waals surface area (Å²) in [7, 11) is 0. The Kier molecular flexibility index (Phi) is 4.66. The molecule has 0 spiro atoms. The molecule has 2 heterocycles. The van der Waals surface area contributed by atoms with Gasteiger partial charge < -0.3 is 5.32 Å². The van der Waals surface area contributed by atoms with Gasteiger partial charge in [-0.2, -0.15) is 0 Å². The fourth-order valence-corrected chi connectivity index (χ4v) is 2.05. The standard InChI is InChI=1S/C16H22N4/c1-5-18-16-12(4)14(19-15(20-16)11(2)3)10-13-6-8-17-9-7-13/h6-9,11H,5,10H2,1-4H3,(H,18,19,20). The lowest BCUT2D eigenvalue weighted by atomic mass is 10.1. The van der Waals surface area contributed by atoms with Gasteiger partial charge in [0.1, 0.15) is 11.6 Å². The van der Waals surface area contributed by atoms with E-state index in [0.717, 1.165) is 35.9 Å². The zero-order valence-electron chi connectivity index (χ0n) is 12.6. The van der Waals surface area contributed by atoms with Gasteiger partial charge in [0.05, 0.1) is 5.69 Å². The third-order valence-electron chi connectivity index (χ3n) is 3.25. The van der Waals surface area contributed by atoms with Crippen LogP contribution in [0.2, 0.25) is 0 Å². The molecule has 0 saturated heterocycles. The van der Waals surface area contributed by atoms with Gasteiger partial charge in [0, 0.05) is 36.8 Å². The first kappa shape index (κ1) is 14.4. The van der Waals surface area contributed by atoms with Gasteiger partial charge in [0.2, 0.25) is 0 Å². The van der Waals surface area contributed by atoms with Crippen molar-refractivity contribution in [3.8, 4) is 0 Å². The Bertz CT molecular complexity index is 564. The summed E-state index contributed by atoms with van der Waals surface area (Å²) in [6.45, 7) is 9.27. The molecule has 0 saturated carbocycles. The fraction of sp³-hybridized carbons (Fsp3) is 0.438. The van der Waals surface area contributed by atoms with E-state index in [-0.39, 0.29) is 0 Å². The highest BCUT2D eigenvalue weighted by Crippen LogP contribution is 2.21. The number of hydrogen-bond acceptors (Lipinski definition) is 4. The van der Waals surface area contributed by atoms with Gasteiger partial charge in [0.25, 0.3) is 0 Å². The first-order valence-corrected chi connectivity index (χ1v) is 7.12. The van der Waals surface area contributed by atoms with Crippen LogP contribution in [0.25, 0.3) is 0 Å². The predicted octanol–water partition coefficient (Wildman–Crippen LogP) is 3.33. The SMILES string of the molecule is CCNc1nc(C(C)C)nc(Cc2ccncc2)c1C. The molecule has 2 aromatic heterocycles. The lowest BCUT2D eigenvalue weighted by Gasteiger charge is -2.15. The van der Waals surface area contributed by atoms with Crippen LogP contribution in [0.15, 0.2) is 24.5 Å². The van der Waals surface area contributed by atoms with Crippen LogP contribution in [0.4, 0.5) is 5.82 Å². The number of nitrogens with one attached hydrogen (secondary N) is 1. The average molecular weight is 270 g/mol. The summed E-state index contributed by atoms with van der Waals surface area (Å²) in [4.78, 5) is 13.4. The summed E-state index contributed by atoms with van der Waals surface area (Å²) in [6.07, 6.45) is 4.45. The van der Waals surface area contributed by atoms with Gasteiger partial charge in [-0.05, 0) is 31.5 Å². The molecular formula is C16H22N4. The van der Waals surface area contributed by atoms with E-state index in [9.17, 15) is 0 Å². The summed E-state index contributed by atoms with van der Waals surface area (Å²) < 4.78 is 0.